The molecule has 0 fully saturated rings. The maximum atomic E-state index is 15.4. The van der Waals surface area contributed by atoms with Crippen LogP contribution in [0.4, 0.5) is 9.18 Å². The van der Waals surface area contributed by atoms with Gasteiger partial charge in [0.1, 0.15) is 19.0 Å². The van der Waals surface area contributed by atoms with E-state index in [1.165, 1.54) is 6.07 Å². The number of rotatable bonds is 4. The number of hydrogen-bond acceptors (Lipinski definition) is 7. The molecule has 0 bridgehead atoms. The molecular weight excluding hydrogens is 637 g/mol. The van der Waals surface area contributed by atoms with Crippen molar-refractivity contribution in [2.45, 2.75) is 70.2 Å². The number of ether oxygens (including phenoxy) is 2. The van der Waals surface area contributed by atoms with Gasteiger partial charge in [-0.3, -0.25) is 4.79 Å². The van der Waals surface area contributed by atoms with E-state index < -0.39 is 28.8 Å². The highest BCUT2D eigenvalue weighted by molar-refractivity contribution is 5.94. The topological polar surface area (TPSA) is 120 Å². The highest BCUT2D eigenvalue weighted by atomic mass is 19.1. The maximum Gasteiger partial charge on any atom is 0.407 e. The van der Waals surface area contributed by atoms with Crippen LogP contribution in [-0.2, 0) is 45.0 Å². The van der Waals surface area contributed by atoms with Gasteiger partial charge in [0, 0.05) is 28.5 Å². The second-order valence-electron chi connectivity index (χ2n) is 14.1. The first-order valence-corrected chi connectivity index (χ1v) is 17.0. The van der Waals surface area contributed by atoms with E-state index in [9.17, 15) is 19.5 Å². The van der Waals surface area contributed by atoms with Crippen LogP contribution < -0.4 is 10.9 Å². The smallest absolute Gasteiger partial charge is 0.407 e. The predicted octanol–water partition coefficient (Wildman–Crippen LogP) is 6.23. The number of esters is 1. The van der Waals surface area contributed by atoms with Crippen molar-refractivity contribution in [1.29, 1.82) is 0 Å². The molecule has 0 radical (unpaired) electrons. The SMILES string of the molecule is CC[C@@]1(O)C(=O)OCc2c1cc1n(c2=O)Cc2c-1nc1cc(F)c(C)c3c1c2C(C)(NC(=O)OCC1c2ccccc2-c2ccccc21)CC3. The Morgan fingerprint density at radius 1 is 1.08 bits per heavy atom. The van der Waals surface area contributed by atoms with Crippen molar-refractivity contribution >= 4 is 23.0 Å². The number of cyclic esters (lactones) is 1. The van der Waals surface area contributed by atoms with Gasteiger partial charge in [0.2, 0.25) is 0 Å². The van der Waals surface area contributed by atoms with Crippen LogP contribution in [0, 0.1) is 12.7 Å². The van der Waals surface area contributed by atoms with Gasteiger partial charge in [-0.1, -0.05) is 55.5 Å². The lowest BCUT2D eigenvalue weighted by Crippen LogP contribution is -2.46. The predicted molar refractivity (Wildman–Crippen MR) is 183 cm³/mol. The van der Waals surface area contributed by atoms with E-state index >= 15 is 4.39 Å². The highest BCUT2D eigenvalue weighted by Gasteiger charge is 2.47. The molecule has 1 amide bonds. The van der Waals surface area contributed by atoms with E-state index in [4.69, 9.17) is 14.5 Å². The maximum absolute atomic E-state index is 15.4. The van der Waals surface area contributed by atoms with Crippen molar-refractivity contribution in [3.8, 4) is 22.5 Å². The first-order chi connectivity index (χ1) is 24.0. The van der Waals surface area contributed by atoms with Crippen LogP contribution in [-0.4, -0.2) is 33.3 Å². The van der Waals surface area contributed by atoms with Crippen molar-refractivity contribution in [3.05, 3.63) is 121 Å². The number of fused-ring (bicyclic) bond motifs is 8. The Morgan fingerprint density at radius 3 is 2.48 bits per heavy atom. The average Bonchev–Trinajstić information content (AvgIpc) is 3.64. The number of aromatic nitrogens is 2. The Bertz CT molecular complexity index is 2370. The minimum atomic E-state index is -1.98. The third-order valence-electron chi connectivity index (χ3n) is 11.5. The molecule has 2 aromatic heterocycles. The number of aliphatic hydroxyl groups is 1. The Balaban J connectivity index is 1.13. The van der Waals surface area contributed by atoms with Crippen LogP contribution in [0.25, 0.3) is 33.4 Å². The molecular formula is C40H34FN3O6. The fraction of sp³-hybridized carbons (Fsp3) is 0.300. The summed E-state index contributed by atoms with van der Waals surface area (Å²) in [5, 5.41) is 15.3. The lowest BCUT2D eigenvalue weighted by molar-refractivity contribution is -0.172. The first-order valence-electron chi connectivity index (χ1n) is 17.0. The quantitative estimate of drug-likeness (QED) is 0.214. The molecule has 10 heteroatoms. The van der Waals surface area contributed by atoms with Crippen molar-refractivity contribution < 1.29 is 28.6 Å². The molecule has 0 spiro atoms. The number of alkyl carbamates (subject to hydrolysis) is 1. The summed E-state index contributed by atoms with van der Waals surface area (Å²) < 4.78 is 28.2. The zero-order chi connectivity index (χ0) is 34.7. The number of hydrogen-bond donors (Lipinski definition) is 2. The summed E-state index contributed by atoms with van der Waals surface area (Å²) in [6, 6.07) is 19.3. The molecule has 0 saturated carbocycles. The number of benzene rings is 3. The first kappa shape index (κ1) is 30.7. The number of pyridine rings is 2. The van der Waals surface area contributed by atoms with Crippen LogP contribution in [0.1, 0.15) is 77.1 Å². The van der Waals surface area contributed by atoms with Gasteiger partial charge in [0.05, 0.1) is 34.6 Å². The van der Waals surface area contributed by atoms with Crippen LogP contribution in [0.15, 0.2) is 65.5 Å². The number of amides is 1. The number of carbonyl (C=O) groups excluding carboxylic acids is 2. The molecule has 50 heavy (non-hydrogen) atoms. The summed E-state index contributed by atoms with van der Waals surface area (Å²) in [7, 11) is 0. The minimum Gasteiger partial charge on any atom is -0.458 e. The number of nitrogens with zero attached hydrogens (tertiary/aromatic N) is 2. The molecule has 2 atom stereocenters. The second kappa shape index (κ2) is 10.6. The fourth-order valence-electron chi connectivity index (χ4n) is 8.79. The summed E-state index contributed by atoms with van der Waals surface area (Å²) >= 11 is 0. The molecule has 9 nitrogen and oxygen atoms in total. The molecule has 2 aliphatic carbocycles. The fourth-order valence-corrected chi connectivity index (χ4v) is 8.79. The number of halogens is 1. The summed E-state index contributed by atoms with van der Waals surface area (Å²) in [6.07, 6.45) is 0.389. The third-order valence-corrected chi connectivity index (χ3v) is 11.5. The highest BCUT2D eigenvalue weighted by Crippen LogP contribution is 2.49. The lowest BCUT2D eigenvalue weighted by Gasteiger charge is -2.38. The summed E-state index contributed by atoms with van der Waals surface area (Å²) in [6.45, 7) is 5.38. The normalized spacial score (nSPS) is 21.2. The largest absolute Gasteiger partial charge is 0.458 e. The van der Waals surface area contributed by atoms with Gasteiger partial charge in [0.25, 0.3) is 5.56 Å². The lowest BCUT2D eigenvalue weighted by atomic mass is 9.74. The van der Waals surface area contributed by atoms with E-state index in [1.807, 2.05) is 31.2 Å². The van der Waals surface area contributed by atoms with E-state index in [2.05, 4.69) is 29.6 Å². The zero-order valence-corrected chi connectivity index (χ0v) is 27.9. The van der Waals surface area contributed by atoms with E-state index in [-0.39, 0.29) is 49.0 Å². The van der Waals surface area contributed by atoms with Crippen molar-refractivity contribution in [3.63, 3.8) is 0 Å². The van der Waals surface area contributed by atoms with E-state index in [1.54, 1.807) is 24.5 Å². The summed E-state index contributed by atoms with van der Waals surface area (Å²) in [5.74, 6) is -1.30. The Hall–Kier alpha value is -5.35. The number of aryl methyl sites for hydroxylation is 1. The standard InChI is InChI=1S/C40H34FN3O6/c1-4-40(48)29-15-32-35-26(17-44(32)36(45)28(29)19-49-37(40)46)34-33-21(20(2)30(41)16-31(33)42-35)13-14-39(34,3)43-38(47)50-18-27-24-11-7-5-9-22(24)23-10-6-8-12-25(23)27/h5-12,15-16,27,48H,4,13-14,17-19H2,1-3H3,(H,43,47)/t39?,40-/m0/s1. The van der Waals surface area contributed by atoms with Gasteiger partial charge in [-0.25, -0.2) is 19.0 Å². The second-order valence-corrected chi connectivity index (χ2v) is 14.1. The molecule has 1 unspecified atom stereocenters. The summed E-state index contributed by atoms with van der Waals surface area (Å²) in [5.41, 5.74) is 5.66. The van der Waals surface area contributed by atoms with Crippen LogP contribution in [0.3, 0.4) is 0 Å². The molecule has 4 aliphatic rings. The van der Waals surface area contributed by atoms with Crippen molar-refractivity contribution in [1.82, 2.24) is 14.9 Å². The molecule has 4 heterocycles. The van der Waals surface area contributed by atoms with Gasteiger partial charge in [-0.2, -0.15) is 0 Å². The van der Waals surface area contributed by atoms with Gasteiger partial charge in [-0.15, -0.1) is 0 Å². The molecule has 0 saturated heterocycles. The summed E-state index contributed by atoms with van der Waals surface area (Å²) in [4.78, 5) is 45.4. The van der Waals surface area contributed by atoms with Gasteiger partial charge < -0.3 is 24.5 Å². The monoisotopic (exact) mass is 671 g/mol. The Kier molecular flexibility index (Phi) is 6.49. The minimum absolute atomic E-state index is 0.0148. The number of nitrogens with one attached hydrogen (secondary N) is 1. The van der Waals surface area contributed by atoms with Crippen LogP contribution >= 0.6 is 0 Å². The number of carbonyl (C=O) groups is 2. The molecule has 2 aliphatic heterocycles. The van der Waals surface area contributed by atoms with Crippen molar-refractivity contribution in [2.75, 3.05) is 6.61 Å². The molecule has 9 rings (SSSR count). The van der Waals surface area contributed by atoms with Gasteiger partial charge in [0.15, 0.2) is 5.60 Å². The Labute approximate surface area is 286 Å². The van der Waals surface area contributed by atoms with Crippen LogP contribution in [0.5, 0.6) is 0 Å². The van der Waals surface area contributed by atoms with Crippen LogP contribution in [0.2, 0.25) is 0 Å². The molecule has 2 N–H and O–H groups in total. The molecule has 3 aromatic carbocycles. The third kappa shape index (κ3) is 4.08. The molecule has 252 valence electrons. The average molecular weight is 672 g/mol. The van der Waals surface area contributed by atoms with Crippen molar-refractivity contribution in [2.24, 2.45) is 0 Å². The van der Waals surface area contributed by atoms with E-state index in [0.29, 0.717) is 35.3 Å². The van der Waals surface area contributed by atoms with Gasteiger partial charge >= 0.3 is 12.1 Å². The molecule has 5 aromatic rings. The van der Waals surface area contributed by atoms with Gasteiger partial charge in [-0.05, 0) is 78.1 Å². The zero-order valence-electron chi connectivity index (χ0n) is 27.9. The Morgan fingerprint density at radius 2 is 1.78 bits per heavy atom. The van der Waals surface area contributed by atoms with E-state index in [0.717, 1.165) is 44.3 Å².